The van der Waals surface area contributed by atoms with Gasteiger partial charge in [-0.3, -0.25) is 9.59 Å². The monoisotopic (exact) mass is 1160 g/mol. The molecule has 0 unspecified atom stereocenters. The predicted octanol–water partition coefficient (Wildman–Crippen LogP) is 15.4. The van der Waals surface area contributed by atoms with Crippen LogP contribution in [0.5, 0.6) is 11.5 Å². The van der Waals surface area contributed by atoms with E-state index in [0.29, 0.717) is 80.1 Å². The lowest BCUT2D eigenvalue weighted by atomic mass is 9.70. The number of carbonyl (C=O) groups is 2. The number of methoxy groups -OCH3 is 1. The van der Waals surface area contributed by atoms with Gasteiger partial charge in [0.25, 0.3) is 11.2 Å². The summed E-state index contributed by atoms with van der Waals surface area (Å²) in [5, 5.41) is 9.44. The topological polar surface area (TPSA) is 110 Å². The summed E-state index contributed by atoms with van der Waals surface area (Å²) in [5.74, 6) is 0.844. The highest BCUT2D eigenvalue weighted by Gasteiger charge is 2.71. The molecule has 2 fully saturated rings. The number of esters is 2. The fourth-order valence-corrected chi connectivity index (χ4v) is 10.3. The zero-order valence-corrected chi connectivity index (χ0v) is 46.4. The molecule has 6 rings (SSSR count). The Morgan fingerprint density at radius 2 is 0.864 bits per heavy atom. The first-order valence-electron chi connectivity index (χ1n) is 26.3. The number of benzene rings is 4. The van der Waals surface area contributed by atoms with E-state index in [0.717, 1.165) is 46.6 Å². The third kappa shape index (κ3) is 14.4. The lowest BCUT2D eigenvalue weighted by Crippen LogP contribution is -2.57. The fraction of sp³-hybridized carbons (Fsp3) is 0.500. The number of hydrogen-bond acceptors (Lipinski definition) is 9. The molecule has 0 aromatic heterocycles. The van der Waals surface area contributed by atoms with Crippen LogP contribution in [0.4, 0.5) is 52.7 Å². The maximum absolute atomic E-state index is 13.7. The minimum absolute atomic E-state index is 0.00444. The van der Waals surface area contributed by atoms with Crippen molar-refractivity contribution >= 4 is 24.1 Å². The van der Waals surface area contributed by atoms with Gasteiger partial charge in [0, 0.05) is 30.8 Å². The zero-order valence-electron chi connectivity index (χ0n) is 46.4. The molecule has 81 heavy (non-hydrogen) atoms. The second-order valence-corrected chi connectivity index (χ2v) is 20.3. The summed E-state index contributed by atoms with van der Waals surface area (Å²) >= 11 is 0. The maximum atomic E-state index is 13.7. The second-order valence-electron chi connectivity index (χ2n) is 20.3. The lowest BCUT2D eigenvalue weighted by molar-refractivity contribution is -0.372. The predicted molar refractivity (Wildman–Crippen MR) is 280 cm³/mol. The number of carbonyl (C=O) groups excluding carboxylic acids is 2. The van der Waals surface area contributed by atoms with Crippen LogP contribution in [0.15, 0.2) is 84.9 Å². The van der Waals surface area contributed by atoms with Crippen molar-refractivity contribution in [1.82, 2.24) is 0 Å². The van der Waals surface area contributed by atoms with E-state index in [1.54, 1.807) is 38.1 Å². The Bertz CT molecular complexity index is 2830. The number of rotatable bonds is 21. The van der Waals surface area contributed by atoms with Crippen LogP contribution >= 0.6 is 0 Å². The van der Waals surface area contributed by atoms with E-state index in [1.165, 1.54) is 12.1 Å². The molecule has 0 bridgehead atoms. The number of alkyl halides is 12. The highest BCUT2D eigenvalue weighted by Crippen LogP contribution is 2.49. The van der Waals surface area contributed by atoms with E-state index < -0.39 is 53.5 Å². The minimum Gasteiger partial charge on any atom is -0.489 e. The number of cyclic esters (lactones) is 2. The van der Waals surface area contributed by atoms with Crippen molar-refractivity contribution in [2.45, 2.75) is 166 Å². The van der Waals surface area contributed by atoms with Gasteiger partial charge >= 0.3 is 36.6 Å². The Labute approximate surface area is 463 Å². The third-order valence-electron chi connectivity index (χ3n) is 15.4. The molecule has 2 aliphatic heterocycles. The van der Waals surface area contributed by atoms with E-state index in [9.17, 15) is 67.4 Å². The number of ether oxygens (including phenoxy) is 6. The average Bonchev–Trinajstić information content (AvgIpc) is 4.12. The Hall–Kier alpha value is -6.06. The van der Waals surface area contributed by atoms with Crippen molar-refractivity contribution in [1.29, 1.82) is 0 Å². The number of aryl methyl sites for hydroxylation is 4. The Morgan fingerprint density at radius 1 is 0.519 bits per heavy atom. The molecule has 4 aromatic rings. The molecule has 446 valence electrons. The molecule has 2 saturated heterocycles. The van der Waals surface area contributed by atoms with Gasteiger partial charge in [-0.25, -0.2) is 0 Å². The molecule has 2 heterocycles. The van der Waals surface area contributed by atoms with E-state index in [4.69, 9.17) is 18.9 Å². The highest BCUT2D eigenvalue weighted by atomic mass is 19.4. The summed E-state index contributed by atoms with van der Waals surface area (Å²) < 4.78 is 191. The lowest BCUT2D eigenvalue weighted by Gasteiger charge is -2.35. The molecule has 21 heteroatoms. The standard InChI is InChI=1S/C31H36F6O5.C29H32F6O4/c1-6-28(7-2,24-10-12-26(21(4)17-24)40-18-25-11-13-27(38)42-25)23-9-8-22(20(3)16-23)14-15-29(30(32,33)34,31(35,36)37)41-19-39-5;1-5-26(6-2,22-9-11-24(19(4)16-22)38-17-23-10-12-25(36)39-23)21-8-7-20(18(3)15-21)13-14-27(37,28(30,31)32)29(33,34)35/h8-10,12,14-17,25H,6-7,11,13,18-19H2,1-5H3;7-9,11,13-16,23,37H,5-6,10,12,17H2,1-4H3/b15-14+;14-13+/t25-;23-/m00/s1. The summed E-state index contributed by atoms with van der Waals surface area (Å²) in [6.07, 6.45) is -18.1. The molecular weight excluding hydrogens is 1090 g/mol. The Balaban J connectivity index is 0.000000298. The summed E-state index contributed by atoms with van der Waals surface area (Å²) in [4.78, 5) is 22.7. The van der Waals surface area contributed by atoms with Crippen molar-refractivity contribution in [3.63, 3.8) is 0 Å². The average molecular weight is 1160 g/mol. The number of halogens is 12. The van der Waals surface area contributed by atoms with Gasteiger partial charge in [0.2, 0.25) is 0 Å². The van der Waals surface area contributed by atoms with Crippen LogP contribution in [0.2, 0.25) is 0 Å². The quantitative estimate of drug-likeness (QED) is 0.0495. The molecule has 0 radical (unpaired) electrons. The van der Waals surface area contributed by atoms with Gasteiger partial charge in [-0.1, -0.05) is 101 Å². The first kappa shape index (κ1) is 65.7. The highest BCUT2D eigenvalue weighted by molar-refractivity contribution is 5.72. The van der Waals surface area contributed by atoms with Crippen molar-refractivity contribution < 1.29 is 95.8 Å². The summed E-state index contributed by atoms with van der Waals surface area (Å²) in [6, 6.07) is 21.5. The van der Waals surface area contributed by atoms with Crippen molar-refractivity contribution in [3.05, 3.63) is 141 Å². The molecule has 2 aliphatic rings. The smallest absolute Gasteiger partial charge is 0.430 e. The SMILES string of the molecule is CCC(CC)(c1ccc(/C=C/C(O)(C(F)(F)F)C(F)(F)F)c(C)c1)c1ccc(OC[C@@H]2CCC(=O)O2)c(C)c1.CCC(CC)(c1ccc(/C=C/C(OCOC)(C(F)(F)F)C(F)(F)F)c(C)c1)c1ccc(OC[C@@H]2CCC(=O)O2)c(C)c1. The molecule has 0 spiro atoms. The molecule has 0 aliphatic carbocycles. The summed E-state index contributed by atoms with van der Waals surface area (Å²) in [5.41, 5.74) is -3.69. The van der Waals surface area contributed by atoms with Crippen molar-refractivity contribution in [2.75, 3.05) is 27.1 Å². The van der Waals surface area contributed by atoms with Crippen molar-refractivity contribution in [2.24, 2.45) is 0 Å². The molecule has 0 saturated carbocycles. The van der Waals surface area contributed by atoms with Gasteiger partial charge in [0.05, 0.1) is 0 Å². The first-order valence-corrected chi connectivity index (χ1v) is 26.3. The molecular formula is C60H68F12O9. The van der Waals surface area contributed by atoms with Gasteiger partial charge in [-0.15, -0.1) is 0 Å². The Kier molecular flexibility index (Phi) is 21.1. The number of hydrogen-bond donors (Lipinski definition) is 1. The summed E-state index contributed by atoms with van der Waals surface area (Å²) in [6.45, 7) is 14.4. The summed E-state index contributed by atoms with van der Waals surface area (Å²) in [7, 11) is 0.939. The van der Waals surface area contributed by atoms with Crippen LogP contribution in [0.1, 0.15) is 135 Å². The number of aliphatic hydroxyl groups is 1. The van der Waals surface area contributed by atoms with E-state index >= 15 is 0 Å². The van der Waals surface area contributed by atoms with Gasteiger partial charge in [-0.2, -0.15) is 52.7 Å². The molecule has 4 aromatic carbocycles. The van der Waals surface area contributed by atoms with Gasteiger partial charge in [0.15, 0.2) is 0 Å². The van der Waals surface area contributed by atoms with Crippen LogP contribution in [0.25, 0.3) is 12.2 Å². The largest absolute Gasteiger partial charge is 0.489 e. The Morgan fingerprint density at radius 3 is 1.15 bits per heavy atom. The van der Waals surface area contributed by atoms with E-state index in [2.05, 4.69) is 9.47 Å². The molecule has 9 nitrogen and oxygen atoms in total. The molecule has 2 atom stereocenters. The third-order valence-corrected chi connectivity index (χ3v) is 15.4. The van der Waals surface area contributed by atoms with Gasteiger partial charge < -0.3 is 33.5 Å². The minimum atomic E-state index is -5.93. The van der Waals surface area contributed by atoms with E-state index in [-0.39, 0.29) is 60.6 Å². The normalized spacial score (nSPS) is 16.9. The van der Waals surface area contributed by atoms with Crippen LogP contribution < -0.4 is 9.47 Å². The van der Waals surface area contributed by atoms with Crippen LogP contribution in [0, 0.1) is 27.7 Å². The van der Waals surface area contributed by atoms with Crippen LogP contribution in [-0.2, 0) is 39.4 Å². The van der Waals surface area contributed by atoms with Crippen LogP contribution in [-0.4, -0.2) is 92.3 Å². The molecule has 0 amide bonds. The first-order chi connectivity index (χ1) is 37.7. The zero-order chi connectivity index (χ0) is 60.6. The van der Waals surface area contributed by atoms with Gasteiger partial charge in [0.1, 0.15) is 43.7 Å². The van der Waals surface area contributed by atoms with Crippen molar-refractivity contribution in [3.8, 4) is 11.5 Å². The van der Waals surface area contributed by atoms with Gasteiger partial charge in [-0.05, 0) is 146 Å². The molecule has 1 N–H and O–H groups in total. The fourth-order valence-electron chi connectivity index (χ4n) is 10.3. The second kappa shape index (κ2) is 26.0. The van der Waals surface area contributed by atoms with Crippen LogP contribution in [0.3, 0.4) is 0 Å². The van der Waals surface area contributed by atoms with E-state index in [1.807, 2.05) is 77.9 Å². The maximum Gasteiger partial charge on any atom is 0.430 e.